The fraction of sp³-hybridized carbons (Fsp3) is 0.0952. The van der Waals surface area contributed by atoms with Gasteiger partial charge in [-0.05, 0) is 31.2 Å². The number of hydrogen-bond donors (Lipinski definition) is 1. The van der Waals surface area contributed by atoms with E-state index in [-0.39, 0.29) is 18.0 Å². The lowest BCUT2D eigenvalue weighted by Gasteiger charge is -2.12. The second kappa shape index (κ2) is 8.14. The van der Waals surface area contributed by atoms with E-state index in [0.29, 0.717) is 22.7 Å². The number of aryl methyl sites for hydroxylation is 1. The largest absolute Gasteiger partial charge is 0.455 e. The standard InChI is InChI=1S/C21H18N2O4/c1-15-10-12-17(13-11-15)27-20-9-5-3-7-18(20)22-21(24)14-16-6-2-4-8-19(16)23(25)26/h2-13H,14H2,1H3,(H,22,24). The second-order valence-electron chi connectivity index (χ2n) is 6.02. The summed E-state index contributed by atoms with van der Waals surface area (Å²) in [5.41, 5.74) is 1.91. The minimum atomic E-state index is -0.489. The number of carbonyl (C=O) groups excluding carboxylic acids is 1. The smallest absolute Gasteiger partial charge is 0.273 e. The summed E-state index contributed by atoms with van der Waals surface area (Å²) in [6.07, 6.45) is -0.101. The average Bonchev–Trinajstić information content (AvgIpc) is 2.65. The number of ether oxygens (including phenoxy) is 1. The third-order valence-corrected chi connectivity index (χ3v) is 3.95. The van der Waals surface area contributed by atoms with E-state index in [1.807, 2.05) is 31.2 Å². The minimum Gasteiger partial charge on any atom is -0.455 e. The SMILES string of the molecule is Cc1ccc(Oc2ccccc2NC(=O)Cc2ccccc2[N+](=O)[O-])cc1. The Bertz CT molecular complexity index is 968. The summed E-state index contributed by atoms with van der Waals surface area (Å²) in [5.74, 6) is 0.794. The van der Waals surface area contributed by atoms with Gasteiger partial charge in [0, 0.05) is 11.6 Å². The van der Waals surface area contributed by atoms with Gasteiger partial charge in [-0.1, -0.05) is 48.0 Å². The Morgan fingerprint density at radius 1 is 1.00 bits per heavy atom. The summed E-state index contributed by atoms with van der Waals surface area (Å²) in [7, 11) is 0. The molecule has 0 aromatic heterocycles. The first-order valence-electron chi connectivity index (χ1n) is 8.38. The van der Waals surface area contributed by atoms with Gasteiger partial charge in [-0.2, -0.15) is 0 Å². The van der Waals surface area contributed by atoms with Gasteiger partial charge in [-0.25, -0.2) is 0 Å². The van der Waals surface area contributed by atoms with Crippen LogP contribution in [0.2, 0.25) is 0 Å². The van der Waals surface area contributed by atoms with Gasteiger partial charge in [0.1, 0.15) is 5.75 Å². The van der Waals surface area contributed by atoms with Crippen LogP contribution in [0, 0.1) is 17.0 Å². The molecule has 0 aliphatic carbocycles. The molecule has 136 valence electrons. The maximum atomic E-state index is 12.4. The molecule has 0 heterocycles. The van der Waals surface area contributed by atoms with E-state index in [9.17, 15) is 14.9 Å². The van der Waals surface area contributed by atoms with E-state index in [2.05, 4.69) is 5.32 Å². The molecular formula is C21H18N2O4. The molecule has 0 fully saturated rings. The number of nitro groups is 1. The van der Waals surface area contributed by atoms with Crippen LogP contribution in [0.25, 0.3) is 0 Å². The lowest BCUT2D eigenvalue weighted by Crippen LogP contribution is -2.15. The number of nitrogens with one attached hydrogen (secondary N) is 1. The molecule has 6 heteroatoms. The number of nitro benzene ring substituents is 1. The summed E-state index contributed by atoms with van der Waals surface area (Å²) >= 11 is 0. The highest BCUT2D eigenvalue weighted by Crippen LogP contribution is 2.29. The first-order chi connectivity index (χ1) is 13.0. The van der Waals surface area contributed by atoms with E-state index in [4.69, 9.17) is 4.74 Å². The molecule has 3 aromatic rings. The fourth-order valence-electron chi connectivity index (χ4n) is 2.60. The van der Waals surface area contributed by atoms with E-state index in [1.165, 1.54) is 6.07 Å². The van der Waals surface area contributed by atoms with Gasteiger partial charge in [0.15, 0.2) is 5.75 Å². The number of benzene rings is 3. The van der Waals surface area contributed by atoms with Crippen LogP contribution in [-0.4, -0.2) is 10.8 Å². The molecule has 0 aliphatic heterocycles. The van der Waals surface area contributed by atoms with Crippen LogP contribution in [-0.2, 0) is 11.2 Å². The van der Waals surface area contributed by atoms with Gasteiger partial charge in [-0.15, -0.1) is 0 Å². The molecule has 0 atom stereocenters. The highest BCUT2D eigenvalue weighted by atomic mass is 16.6. The van der Waals surface area contributed by atoms with Gasteiger partial charge in [0.2, 0.25) is 5.91 Å². The molecule has 0 spiro atoms. The van der Waals surface area contributed by atoms with E-state index >= 15 is 0 Å². The average molecular weight is 362 g/mol. The molecule has 0 aliphatic rings. The number of hydrogen-bond acceptors (Lipinski definition) is 4. The third kappa shape index (κ3) is 4.70. The maximum absolute atomic E-state index is 12.4. The van der Waals surface area contributed by atoms with Crippen LogP contribution < -0.4 is 10.1 Å². The lowest BCUT2D eigenvalue weighted by molar-refractivity contribution is -0.385. The Morgan fingerprint density at radius 3 is 2.41 bits per heavy atom. The van der Waals surface area contributed by atoms with Crippen molar-refractivity contribution in [1.29, 1.82) is 0 Å². The number of nitrogens with zero attached hydrogens (tertiary/aromatic N) is 1. The Labute approximate surface area is 156 Å². The van der Waals surface area contributed by atoms with Crippen LogP contribution in [0.3, 0.4) is 0 Å². The molecular weight excluding hydrogens is 344 g/mol. The van der Waals surface area contributed by atoms with Crippen LogP contribution >= 0.6 is 0 Å². The molecule has 27 heavy (non-hydrogen) atoms. The Balaban J connectivity index is 1.75. The molecule has 3 aromatic carbocycles. The molecule has 0 radical (unpaired) electrons. The molecule has 1 amide bonds. The van der Waals surface area contributed by atoms with Crippen LogP contribution in [0.5, 0.6) is 11.5 Å². The number of para-hydroxylation sites is 3. The van der Waals surface area contributed by atoms with Crippen molar-refractivity contribution >= 4 is 17.3 Å². The first kappa shape index (κ1) is 18.1. The van der Waals surface area contributed by atoms with Crippen molar-refractivity contribution in [1.82, 2.24) is 0 Å². The molecule has 0 bridgehead atoms. The van der Waals surface area contributed by atoms with Crippen molar-refractivity contribution in [2.75, 3.05) is 5.32 Å². The first-order valence-corrected chi connectivity index (χ1v) is 8.38. The highest BCUT2D eigenvalue weighted by molar-refractivity contribution is 5.94. The fourth-order valence-corrected chi connectivity index (χ4v) is 2.60. The summed E-state index contributed by atoms with van der Waals surface area (Å²) in [6.45, 7) is 1.99. The van der Waals surface area contributed by atoms with E-state index in [1.54, 1.807) is 42.5 Å². The second-order valence-corrected chi connectivity index (χ2v) is 6.02. The zero-order chi connectivity index (χ0) is 19.2. The van der Waals surface area contributed by atoms with Crippen LogP contribution in [0.15, 0.2) is 72.8 Å². The third-order valence-electron chi connectivity index (χ3n) is 3.95. The Hall–Kier alpha value is -3.67. The normalized spacial score (nSPS) is 10.3. The van der Waals surface area contributed by atoms with Gasteiger partial charge in [0.05, 0.1) is 17.0 Å². The number of carbonyl (C=O) groups is 1. The molecule has 3 rings (SSSR count). The van der Waals surface area contributed by atoms with Crippen molar-refractivity contribution in [2.45, 2.75) is 13.3 Å². The summed E-state index contributed by atoms with van der Waals surface area (Å²) in [6, 6.07) is 20.8. The van der Waals surface area contributed by atoms with Crippen molar-refractivity contribution in [3.8, 4) is 11.5 Å². The van der Waals surface area contributed by atoms with Crippen LogP contribution in [0.4, 0.5) is 11.4 Å². The van der Waals surface area contributed by atoms with Crippen molar-refractivity contribution < 1.29 is 14.5 Å². The summed E-state index contributed by atoms with van der Waals surface area (Å²) in [4.78, 5) is 23.0. The molecule has 0 saturated carbocycles. The topological polar surface area (TPSA) is 81.5 Å². The van der Waals surface area contributed by atoms with Crippen molar-refractivity contribution in [3.05, 3.63) is 94.0 Å². The van der Waals surface area contributed by atoms with Crippen molar-refractivity contribution in [2.24, 2.45) is 0 Å². The monoisotopic (exact) mass is 362 g/mol. The number of anilines is 1. The lowest BCUT2D eigenvalue weighted by atomic mass is 10.1. The van der Waals surface area contributed by atoms with Gasteiger partial charge in [0.25, 0.3) is 5.69 Å². The summed E-state index contributed by atoms with van der Waals surface area (Å²) < 4.78 is 5.85. The summed E-state index contributed by atoms with van der Waals surface area (Å²) in [5, 5.41) is 13.9. The number of amides is 1. The predicted molar refractivity (Wildman–Crippen MR) is 103 cm³/mol. The Morgan fingerprint density at radius 2 is 1.67 bits per heavy atom. The van der Waals surface area contributed by atoms with E-state index < -0.39 is 4.92 Å². The zero-order valence-corrected chi connectivity index (χ0v) is 14.7. The molecule has 0 unspecified atom stereocenters. The molecule has 0 saturated heterocycles. The van der Waals surface area contributed by atoms with Crippen molar-refractivity contribution in [3.63, 3.8) is 0 Å². The predicted octanol–water partition coefficient (Wildman–Crippen LogP) is 4.88. The molecule has 6 nitrogen and oxygen atoms in total. The van der Waals surface area contributed by atoms with Gasteiger partial charge >= 0.3 is 0 Å². The zero-order valence-electron chi connectivity index (χ0n) is 14.7. The Kier molecular flexibility index (Phi) is 5.47. The number of rotatable bonds is 6. The molecule has 1 N–H and O–H groups in total. The van der Waals surface area contributed by atoms with Gasteiger partial charge < -0.3 is 10.1 Å². The highest BCUT2D eigenvalue weighted by Gasteiger charge is 2.16. The quantitative estimate of drug-likeness (QED) is 0.501. The minimum absolute atomic E-state index is 0.0724. The van der Waals surface area contributed by atoms with Crippen LogP contribution in [0.1, 0.15) is 11.1 Å². The van der Waals surface area contributed by atoms with Gasteiger partial charge in [-0.3, -0.25) is 14.9 Å². The van der Waals surface area contributed by atoms with E-state index in [0.717, 1.165) is 5.56 Å². The maximum Gasteiger partial charge on any atom is 0.273 e.